The van der Waals surface area contributed by atoms with Gasteiger partial charge in [0.25, 0.3) is 5.69 Å². The maximum absolute atomic E-state index is 15.3. The van der Waals surface area contributed by atoms with Gasteiger partial charge in [0.2, 0.25) is 5.70 Å². The molecule has 0 radical (unpaired) electrons. The van der Waals surface area contributed by atoms with E-state index in [1.54, 1.807) is 0 Å². The van der Waals surface area contributed by atoms with Crippen molar-refractivity contribution in [3.63, 3.8) is 0 Å². The molecule has 1 aliphatic rings. The fraction of sp³-hybridized carbons (Fsp3) is 0.0323. The Kier molecular flexibility index (Phi) is 8.55. The average molecular weight is 668 g/mol. The van der Waals surface area contributed by atoms with Crippen LogP contribution in [0.3, 0.4) is 0 Å². The molecule has 17 heteroatoms. The Labute approximate surface area is 260 Å². The third kappa shape index (κ3) is 4.58. The van der Waals surface area contributed by atoms with Crippen LogP contribution in [0.25, 0.3) is 26.5 Å². The monoisotopic (exact) mass is 668 g/mol. The number of nitrogens with zero attached hydrogens (tertiary/aromatic N) is 6. The smallest absolute Gasteiger partial charge is 0.237 e. The van der Waals surface area contributed by atoms with Gasteiger partial charge in [-0.3, -0.25) is 0 Å². The summed E-state index contributed by atoms with van der Waals surface area (Å²) in [6.45, 7) is 14.9. The van der Waals surface area contributed by atoms with Gasteiger partial charge in [-0.2, -0.15) is 21.0 Å². The Morgan fingerprint density at radius 3 is 1.25 bits per heavy atom. The van der Waals surface area contributed by atoms with E-state index in [1.807, 2.05) is 0 Å². The number of nitriles is 4. The zero-order valence-electron chi connectivity index (χ0n) is 22.8. The lowest BCUT2D eigenvalue weighted by molar-refractivity contribution is 0.446. The van der Waals surface area contributed by atoms with Gasteiger partial charge in [-0.15, -0.1) is 0 Å². The first-order chi connectivity index (χ1) is 22.6. The molecule has 0 spiro atoms. The Morgan fingerprint density at radius 1 is 0.500 bits per heavy atom. The molecule has 3 aromatic carbocycles. The summed E-state index contributed by atoms with van der Waals surface area (Å²) >= 11 is 0. The Balaban J connectivity index is 2.38. The molecule has 0 aliphatic heterocycles. The van der Waals surface area contributed by atoms with E-state index in [9.17, 15) is 36.9 Å². The van der Waals surface area contributed by atoms with Gasteiger partial charge in [-0.05, 0) is 29.2 Å². The SMILES string of the molecule is [C-]#[N+]C(=C1C(=C(C#N)c2c(C)c(F)c(C#N)c(F)c2F)C1=C(C#N)c1c(F)c(F)c([N+]#[C-])c(F)c1F)c1c(F)c(F)c(C#N)c(F)c1F. The van der Waals surface area contributed by atoms with E-state index in [0.29, 0.717) is 6.92 Å². The van der Waals surface area contributed by atoms with E-state index in [-0.39, 0.29) is 0 Å². The van der Waals surface area contributed by atoms with Crippen molar-refractivity contribution in [2.24, 2.45) is 0 Å². The first kappa shape index (κ1) is 33.9. The highest BCUT2D eigenvalue weighted by Gasteiger charge is 2.45. The highest BCUT2D eigenvalue weighted by Crippen LogP contribution is 2.58. The second-order valence-electron chi connectivity index (χ2n) is 9.20. The zero-order chi connectivity index (χ0) is 36.1. The fourth-order valence-corrected chi connectivity index (χ4v) is 4.68. The summed E-state index contributed by atoms with van der Waals surface area (Å²) in [5, 5.41) is 37.7. The predicted octanol–water partition coefficient (Wildman–Crippen LogP) is 8.42. The molecule has 0 N–H and O–H groups in total. The maximum Gasteiger partial charge on any atom is 0.262 e. The van der Waals surface area contributed by atoms with Gasteiger partial charge < -0.3 is 0 Å². The van der Waals surface area contributed by atoms with Crippen LogP contribution < -0.4 is 0 Å². The summed E-state index contributed by atoms with van der Waals surface area (Å²) in [4.78, 5) is 4.98. The highest BCUT2D eigenvalue weighted by molar-refractivity contribution is 6.11. The quantitative estimate of drug-likeness (QED) is 0.121. The van der Waals surface area contributed by atoms with Gasteiger partial charge in [0.15, 0.2) is 58.2 Å². The number of hydrogen-bond donors (Lipinski definition) is 0. The Bertz CT molecular complexity index is 2060. The van der Waals surface area contributed by atoms with Crippen LogP contribution in [-0.4, -0.2) is 0 Å². The van der Waals surface area contributed by atoms with E-state index < -0.39 is 137 Å². The van der Waals surface area contributed by atoms with Crippen LogP contribution >= 0.6 is 0 Å². The molecule has 6 nitrogen and oxygen atoms in total. The number of benzene rings is 3. The van der Waals surface area contributed by atoms with Crippen LogP contribution in [0.1, 0.15) is 33.4 Å². The lowest BCUT2D eigenvalue weighted by atomic mass is 9.95. The molecule has 1 fully saturated rings. The lowest BCUT2D eigenvalue weighted by Gasteiger charge is -2.10. The zero-order valence-corrected chi connectivity index (χ0v) is 22.8. The number of halogens is 11. The summed E-state index contributed by atoms with van der Waals surface area (Å²) in [6.07, 6.45) is 0. The van der Waals surface area contributed by atoms with Crippen molar-refractivity contribution >= 4 is 22.5 Å². The first-order valence-electron chi connectivity index (χ1n) is 12.1. The van der Waals surface area contributed by atoms with E-state index in [4.69, 9.17) is 23.7 Å². The molecule has 234 valence electrons. The van der Waals surface area contributed by atoms with Gasteiger partial charge in [0.1, 0.15) is 41.2 Å². The molecule has 4 rings (SSSR count). The molecule has 48 heavy (non-hydrogen) atoms. The molecule has 0 saturated heterocycles. The molecule has 1 aliphatic carbocycles. The second-order valence-corrected chi connectivity index (χ2v) is 9.20. The van der Waals surface area contributed by atoms with Crippen molar-refractivity contribution in [2.75, 3.05) is 0 Å². The van der Waals surface area contributed by atoms with Crippen LogP contribution in [0.2, 0.25) is 0 Å². The first-order valence-corrected chi connectivity index (χ1v) is 12.1. The lowest BCUT2D eigenvalue weighted by Crippen LogP contribution is -2.06. The third-order valence-corrected chi connectivity index (χ3v) is 6.89. The van der Waals surface area contributed by atoms with Crippen molar-refractivity contribution in [3.05, 3.63) is 137 Å². The summed E-state index contributed by atoms with van der Waals surface area (Å²) in [7, 11) is 0. The molecule has 0 bridgehead atoms. The molecular formula is C31H3F11N6. The largest absolute Gasteiger partial charge is 0.262 e. The Morgan fingerprint density at radius 2 is 0.875 bits per heavy atom. The van der Waals surface area contributed by atoms with E-state index in [0.717, 1.165) is 18.2 Å². The average Bonchev–Trinajstić information content (AvgIpc) is 3.78. The van der Waals surface area contributed by atoms with Crippen LogP contribution in [0, 0.1) is 129 Å². The number of rotatable bonds is 3. The van der Waals surface area contributed by atoms with Crippen molar-refractivity contribution in [1.29, 1.82) is 21.0 Å². The van der Waals surface area contributed by atoms with Crippen LogP contribution in [0.4, 0.5) is 54.0 Å². The third-order valence-electron chi connectivity index (χ3n) is 6.89. The van der Waals surface area contributed by atoms with E-state index in [2.05, 4.69) is 9.69 Å². The van der Waals surface area contributed by atoms with Gasteiger partial charge in [0.05, 0.1) is 35.4 Å². The van der Waals surface area contributed by atoms with Crippen molar-refractivity contribution in [3.8, 4) is 24.3 Å². The standard InChI is InChI=1S/C31H3F11N6/c1-8-13(23(36)20(33)11(6-45)19(8)32)9(4-43)14-15(10(5-44)16-24(37)28(41)31(48-3)29(42)25(16)38)17(14)30(47-2)18-26(39)21(34)12(7-46)22(35)27(18)40/h1H3. The Hall–Kier alpha value is -6.95. The van der Waals surface area contributed by atoms with Crippen molar-refractivity contribution in [2.45, 2.75) is 6.92 Å². The summed E-state index contributed by atoms with van der Waals surface area (Å²) in [6, 6.07) is 4.09. The van der Waals surface area contributed by atoms with Gasteiger partial charge in [-0.25, -0.2) is 58.0 Å². The minimum Gasteiger partial charge on any atom is -0.237 e. The van der Waals surface area contributed by atoms with Gasteiger partial charge in [-0.1, -0.05) is 0 Å². The maximum atomic E-state index is 15.3. The number of allylic oxidation sites excluding steroid dienone is 5. The number of hydrogen-bond acceptors (Lipinski definition) is 4. The molecule has 0 atom stereocenters. The molecule has 0 heterocycles. The second kappa shape index (κ2) is 12.1. The molecular weight excluding hydrogens is 665 g/mol. The topological polar surface area (TPSA) is 104 Å². The molecule has 0 amide bonds. The van der Waals surface area contributed by atoms with Crippen molar-refractivity contribution < 1.29 is 48.3 Å². The van der Waals surface area contributed by atoms with Gasteiger partial charge >= 0.3 is 0 Å². The molecule has 0 aromatic heterocycles. The van der Waals surface area contributed by atoms with Gasteiger partial charge in [0, 0.05) is 5.56 Å². The van der Waals surface area contributed by atoms with Crippen molar-refractivity contribution in [1.82, 2.24) is 0 Å². The van der Waals surface area contributed by atoms with Crippen LogP contribution in [0.5, 0.6) is 0 Å². The molecule has 0 unspecified atom stereocenters. The normalized spacial score (nSPS) is 14.9. The molecule has 1 saturated carbocycles. The summed E-state index contributed by atoms with van der Waals surface area (Å²) in [5.41, 5.74) is -19.9. The minimum atomic E-state index is -2.44. The van der Waals surface area contributed by atoms with Crippen LogP contribution in [-0.2, 0) is 0 Å². The fourth-order valence-electron chi connectivity index (χ4n) is 4.68. The highest BCUT2D eigenvalue weighted by atomic mass is 19.2. The summed E-state index contributed by atoms with van der Waals surface area (Å²) in [5.74, 6) is -25.4. The van der Waals surface area contributed by atoms with E-state index in [1.165, 1.54) is 6.07 Å². The predicted molar refractivity (Wildman–Crippen MR) is 138 cm³/mol. The summed E-state index contributed by atoms with van der Waals surface area (Å²) < 4.78 is 164. The van der Waals surface area contributed by atoms with E-state index >= 15 is 22.0 Å². The minimum absolute atomic E-state index is 0.680. The molecule has 3 aromatic rings. The van der Waals surface area contributed by atoms with Crippen LogP contribution in [0.15, 0.2) is 16.7 Å².